The first-order chi connectivity index (χ1) is 8.66. The molecule has 2 aromatic carbocycles. The highest BCUT2D eigenvalue weighted by Crippen LogP contribution is 2.23. The van der Waals surface area contributed by atoms with E-state index in [9.17, 15) is 0 Å². The van der Waals surface area contributed by atoms with E-state index in [0.717, 1.165) is 0 Å². The Labute approximate surface area is 110 Å². The molecule has 0 aliphatic rings. The maximum atomic E-state index is 2.22. The molecule has 0 aromatic heterocycles. The van der Waals surface area contributed by atoms with Gasteiger partial charge in [-0.15, -0.1) is 0 Å². The molecule has 0 aliphatic carbocycles. The van der Waals surface area contributed by atoms with E-state index < -0.39 is 0 Å². The largest absolute Gasteiger partial charge is 0.0814 e. The van der Waals surface area contributed by atoms with Gasteiger partial charge >= 0.3 is 0 Å². The highest BCUT2D eigenvalue weighted by atomic mass is 14.0. The zero-order valence-electron chi connectivity index (χ0n) is 11.4. The summed E-state index contributed by atoms with van der Waals surface area (Å²) in [6.45, 7) is 6.54. The van der Waals surface area contributed by atoms with Crippen LogP contribution in [-0.4, -0.2) is 0 Å². The van der Waals surface area contributed by atoms with Gasteiger partial charge in [-0.3, -0.25) is 0 Å². The number of aryl methyl sites for hydroxylation is 1. The Hall–Kier alpha value is -1.82. The summed E-state index contributed by atoms with van der Waals surface area (Å²) < 4.78 is 0. The molecule has 0 aliphatic heterocycles. The van der Waals surface area contributed by atoms with Crippen molar-refractivity contribution in [3.8, 4) is 11.1 Å². The van der Waals surface area contributed by atoms with Crippen LogP contribution in [0.4, 0.5) is 0 Å². The minimum atomic E-state index is 0.598. The average Bonchev–Trinajstić information content (AvgIpc) is 2.38. The minimum Gasteiger partial charge on any atom is -0.0814 e. The summed E-state index contributed by atoms with van der Waals surface area (Å²) in [6.07, 6.45) is 4.41. The van der Waals surface area contributed by atoms with Crippen molar-refractivity contribution in [1.29, 1.82) is 0 Å². The molecule has 2 rings (SSSR count). The van der Waals surface area contributed by atoms with Gasteiger partial charge in [0.25, 0.3) is 0 Å². The summed E-state index contributed by atoms with van der Waals surface area (Å²) in [5, 5.41) is 0. The number of rotatable bonds is 3. The lowest BCUT2D eigenvalue weighted by Gasteiger charge is -2.06. The second kappa shape index (κ2) is 5.68. The molecule has 92 valence electrons. The lowest BCUT2D eigenvalue weighted by Crippen LogP contribution is -1.83. The standard InChI is InChI=1S/C18H20/c1-14(2)8-9-16-10-12-17(13-11-16)18-7-5-4-6-15(18)3/h4-14H,1-3H3/b9-8+. The summed E-state index contributed by atoms with van der Waals surface area (Å²) in [6, 6.07) is 17.3. The van der Waals surface area contributed by atoms with Crippen LogP contribution in [0.5, 0.6) is 0 Å². The molecule has 0 saturated heterocycles. The Kier molecular flexibility index (Phi) is 3.99. The number of benzene rings is 2. The van der Waals surface area contributed by atoms with Crippen LogP contribution in [0, 0.1) is 12.8 Å². The van der Waals surface area contributed by atoms with Crippen molar-refractivity contribution in [1.82, 2.24) is 0 Å². The third kappa shape index (κ3) is 3.10. The molecule has 0 bridgehead atoms. The molecule has 0 saturated carbocycles. The van der Waals surface area contributed by atoms with Crippen molar-refractivity contribution >= 4 is 6.08 Å². The molecular formula is C18H20. The molecule has 0 fully saturated rings. The number of hydrogen-bond donors (Lipinski definition) is 0. The quantitative estimate of drug-likeness (QED) is 0.675. The lowest BCUT2D eigenvalue weighted by molar-refractivity contribution is 0.836. The van der Waals surface area contributed by atoms with E-state index >= 15 is 0 Å². The Bertz CT molecular complexity index is 530. The summed E-state index contributed by atoms with van der Waals surface area (Å²) in [5.74, 6) is 0.598. The highest BCUT2D eigenvalue weighted by molar-refractivity contribution is 5.68. The summed E-state index contributed by atoms with van der Waals surface area (Å²) in [7, 11) is 0. The molecule has 0 amide bonds. The second-order valence-electron chi connectivity index (χ2n) is 5.04. The van der Waals surface area contributed by atoms with E-state index in [1.54, 1.807) is 0 Å². The minimum absolute atomic E-state index is 0.598. The van der Waals surface area contributed by atoms with Gasteiger partial charge in [0.15, 0.2) is 0 Å². The van der Waals surface area contributed by atoms with Crippen LogP contribution >= 0.6 is 0 Å². The Morgan fingerprint density at radius 2 is 1.56 bits per heavy atom. The van der Waals surface area contributed by atoms with Gasteiger partial charge in [0.2, 0.25) is 0 Å². The van der Waals surface area contributed by atoms with E-state index in [4.69, 9.17) is 0 Å². The number of allylic oxidation sites excluding steroid dienone is 1. The van der Waals surface area contributed by atoms with E-state index in [2.05, 4.69) is 81.5 Å². The van der Waals surface area contributed by atoms with E-state index in [0.29, 0.717) is 5.92 Å². The van der Waals surface area contributed by atoms with Crippen molar-refractivity contribution in [3.63, 3.8) is 0 Å². The van der Waals surface area contributed by atoms with Crippen LogP contribution < -0.4 is 0 Å². The normalized spacial score (nSPS) is 11.3. The molecule has 18 heavy (non-hydrogen) atoms. The fraction of sp³-hybridized carbons (Fsp3) is 0.222. The first kappa shape index (κ1) is 12.6. The van der Waals surface area contributed by atoms with Crippen LogP contribution in [0.2, 0.25) is 0 Å². The van der Waals surface area contributed by atoms with Gasteiger partial charge in [0, 0.05) is 0 Å². The van der Waals surface area contributed by atoms with Crippen LogP contribution in [0.1, 0.15) is 25.0 Å². The van der Waals surface area contributed by atoms with Crippen molar-refractivity contribution in [2.45, 2.75) is 20.8 Å². The molecule has 0 heterocycles. The maximum absolute atomic E-state index is 2.22. The zero-order chi connectivity index (χ0) is 13.0. The molecule has 0 atom stereocenters. The monoisotopic (exact) mass is 236 g/mol. The SMILES string of the molecule is Cc1ccccc1-c1ccc(/C=C/C(C)C)cc1. The molecule has 0 radical (unpaired) electrons. The number of hydrogen-bond acceptors (Lipinski definition) is 0. The smallest absolute Gasteiger partial charge is 0.0155 e. The zero-order valence-corrected chi connectivity index (χ0v) is 11.4. The predicted molar refractivity (Wildman–Crippen MR) is 80.5 cm³/mol. The van der Waals surface area contributed by atoms with Gasteiger partial charge in [-0.25, -0.2) is 0 Å². The van der Waals surface area contributed by atoms with Gasteiger partial charge in [-0.05, 0) is 35.1 Å². The first-order valence-corrected chi connectivity index (χ1v) is 6.51. The average molecular weight is 236 g/mol. The summed E-state index contributed by atoms with van der Waals surface area (Å²) >= 11 is 0. The first-order valence-electron chi connectivity index (χ1n) is 6.51. The van der Waals surface area contributed by atoms with E-state index in [1.165, 1.54) is 22.3 Å². The third-order valence-corrected chi connectivity index (χ3v) is 3.04. The topological polar surface area (TPSA) is 0 Å². The van der Waals surface area contributed by atoms with Crippen LogP contribution in [0.25, 0.3) is 17.2 Å². The molecular weight excluding hydrogens is 216 g/mol. The summed E-state index contributed by atoms with van der Waals surface area (Å²) in [4.78, 5) is 0. The fourth-order valence-electron chi connectivity index (χ4n) is 1.97. The molecule has 2 aromatic rings. The Morgan fingerprint density at radius 1 is 0.889 bits per heavy atom. The second-order valence-corrected chi connectivity index (χ2v) is 5.04. The van der Waals surface area contributed by atoms with Crippen molar-refractivity contribution in [2.24, 2.45) is 5.92 Å². The van der Waals surface area contributed by atoms with Gasteiger partial charge in [-0.1, -0.05) is 74.5 Å². The van der Waals surface area contributed by atoms with Gasteiger partial charge in [0.1, 0.15) is 0 Å². The van der Waals surface area contributed by atoms with Gasteiger partial charge in [0.05, 0.1) is 0 Å². The maximum Gasteiger partial charge on any atom is -0.0155 e. The Balaban J connectivity index is 2.25. The molecule has 0 spiro atoms. The van der Waals surface area contributed by atoms with Crippen molar-refractivity contribution < 1.29 is 0 Å². The predicted octanol–water partition coefficient (Wildman–Crippen LogP) is 5.33. The van der Waals surface area contributed by atoms with Crippen molar-refractivity contribution in [2.75, 3.05) is 0 Å². The molecule has 0 N–H and O–H groups in total. The molecule has 0 unspecified atom stereocenters. The van der Waals surface area contributed by atoms with Crippen LogP contribution in [0.3, 0.4) is 0 Å². The lowest BCUT2D eigenvalue weighted by atomic mass is 9.99. The van der Waals surface area contributed by atoms with E-state index in [-0.39, 0.29) is 0 Å². The van der Waals surface area contributed by atoms with Crippen LogP contribution in [0.15, 0.2) is 54.6 Å². The van der Waals surface area contributed by atoms with Gasteiger partial charge < -0.3 is 0 Å². The third-order valence-electron chi connectivity index (χ3n) is 3.04. The fourth-order valence-corrected chi connectivity index (χ4v) is 1.97. The van der Waals surface area contributed by atoms with Gasteiger partial charge in [-0.2, -0.15) is 0 Å². The molecule has 0 nitrogen and oxygen atoms in total. The van der Waals surface area contributed by atoms with Crippen LogP contribution in [-0.2, 0) is 0 Å². The van der Waals surface area contributed by atoms with Crippen molar-refractivity contribution in [3.05, 3.63) is 65.7 Å². The molecule has 0 heteroatoms. The highest BCUT2D eigenvalue weighted by Gasteiger charge is 1.99. The van der Waals surface area contributed by atoms with E-state index in [1.807, 2.05) is 0 Å². The Morgan fingerprint density at radius 3 is 2.17 bits per heavy atom. The summed E-state index contributed by atoms with van der Waals surface area (Å²) in [5.41, 5.74) is 5.19.